The summed E-state index contributed by atoms with van der Waals surface area (Å²) in [6, 6.07) is 12.5. The molecule has 3 aromatic rings. The predicted octanol–water partition coefficient (Wildman–Crippen LogP) is 2.71. The fraction of sp³-hybridized carbons (Fsp3) is 0.250. The fourth-order valence-electron chi connectivity index (χ4n) is 3.60. The standard InChI is InChI=1S/C20H20N4O3/c1-2-3-11-24-17-15(18(25)23-20(24)27)16(21-19(26)22-17)14-10-6-8-12-7-4-5-9-13(12)14/h4-10,16H,2-3,11H2,1H3,(H2,21,22,26)(H,23,25,27). The summed E-state index contributed by atoms with van der Waals surface area (Å²) < 4.78 is 1.44. The van der Waals surface area contributed by atoms with Crippen LogP contribution in [-0.2, 0) is 6.54 Å². The minimum Gasteiger partial charge on any atom is -0.327 e. The van der Waals surface area contributed by atoms with Gasteiger partial charge in [0.2, 0.25) is 0 Å². The van der Waals surface area contributed by atoms with E-state index < -0.39 is 23.3 Å². The quantitative estimate of drug-likeness (QED) is 0.664. The van der Waals surface area contributed by atoms with Gasteiger partial charge in [0.1, 0.15) is 5.82 Å². The van der Waals surface area contributed by atoms with E-state index in [1.807, 2.05) is 49.4 Å². The molecule has 2 heterocycles. The highest BCUT2D eigenvalue weighted by molar-refractivity contribution is 5.94. The number of unbranched alkanes of at least 4 members (excludes halogenated alkanes) is 1. The van der Waals surface area contributed by atoms with Crippen molar-refractivity contribution in [2.45, 2.75) is 32.4 Å². The van der Waals surface area contributed by atoms with Crippen molar-refractivity contribution in [3.05, 3.63) is 74.4 Å². The van der Waals surface area contributed by atoms with Crippen molar-refractivity contribution in [3.63, 3.8) is 0 Å². The molecule has 3 N–H and O–H groups in total. The van der Waals surface area contributed by atoms with Gasteiger partial charge in [-0.2, -0.15) is 0 Å². The van der Waals surface area contributed by atoms with Gasteiger partial charge < -0.3 is 5.32 Å². The first-order valence-electron chi connectivity index (χ1n) is 9.02. The molecule has 1 aliphatic rings. The van der Waals surface area contributed by atoms with Crippen molar-refractivity contribution in [1.82, 2.24) is 14.9 Å². The minimum atomic E-state index is -0.642. The minimum absolute atomic E-state index is 0.277. The smallest absolute Gasteiger partial charge is 0.327 e. The van der Waals surface area contributed by atoms with Crippen LogP contribution in [-0.4, -0.2) is 15.6 Å². The number of rotatable bonds is 4. The molecule has 7 heteroatoms. The molecule has 0 bridgehead atoms. The number of amides is 2. The highest BCUT2D eigenvalue weighted by Gasteiger charge is 2.32. The third-order valence-electron chi connectivity index (χ3n) is 4.90. The third kappa shape index (κ3) is 2.91. The lowest BCUT2D eigenvalue weighted by atomic mass is 9.93. The maximum atomic E-state index is 12.7. The van der Waals surface area contributed by atoms with Crippen molar-refractivity contribution in [1.29, 1.82) is 0 Å². The lowest BCUT2D eigenvalue weighted by Crippen LogP contribution is -2.46. The number of fused-ring (bicyclic) bond motifs is 2. The highest BCUT2D eigenvalue weighted by atomic mass is 16.2. The van der Waals surface area contributed by atoms with Crippen LogP contribution in [0.2, 0.25) is 0 Å². The third-order valence-corrected chi connectivity index (χ3v) is 4.90. The number of nitrogens with zero attached hydrogens (tertiary/aromatic N) is 1. The van der Waals surface area contributed by atoms with Crippen molar-refractivity contribution in [2.75, 3.05) is 5.32 Å². The van der Waals surface area contributed by atoms with E-state index in [-0.39, 0.29) is 5.82 Å². The zero-order chi connectivity index (χ0) is 19.0. The molecule has 1 aromatic heterocycles. The van der Waals surface area contributed by atoms with Crippen LogP contribution in [0.15, 0.2) is 52.1 Å². The summed E-state index contributed by atoms with van der Waals surface area (Å²) in [5, 5.41) is 7.46. The van der Waals surface area contributed by atoms with E-state index in [1.54, 1.807) is 0 Å². The second-order valence-corrected chi connectivity index (χ2v) is 6.63. The summed E-state index contributed by atoms with van der Waals surface area (Å²) in [4.78, 5) is 39.7. The van der Waals surface area contributed by atoms with Crippen molar-refractivity contribution < 1.29 is 4.79 Å². The van der Waals surface area contributed by atoms with Gasteiger partial charge >= 0.3 is 11.7 Å². The Bertz CT molecular complexity index is 1140. The van der Waals surface area contributed by atoms with Gasteiger partial charge in [0.05, 0.1) is 11.6 Å². The average molecular weight is 364 g/mol. The van der Waals surface area contributed by atoms with E-state index in [1.165, 1.54) is 4.57 Å². The van der Waals surface area contributed by atoms with E-state index in [2.05, 4.69) is 15.6 Å². The van der Waals surface area contributed by atoms with Gasteiger partial charge in [-0.05, 0) is 22.8 Å². The van der Waals surface area contributed by atoms with Crippen LogP contribution in [0.5, 0.6) is 0 Å². The molecule has 1 atom stereocenters. The van der Waals surface area contributed by atoms with Crippen LogP contribution in [0, 0.1) is 0 Å². The van der Waals surface area contributed by atoms with E-state index in [0.29, 0.717) is 12.1 Å². The Morgan fingerprint density at radius 3 is 2.63 bits per heavy atom. The Morgan fingerprint density at radius 2 is 1.81 bits per heavy atom. The van der Waals surface area contributed by atoms with Crippen LogP contribution in [0.25, 0.3) is 10.8 Å². The Kier molecular flexibility index (Phi) is 4.27. The van der Waals surface area contributed by atoms with Crippen LogP contribution in [0.3, 0.4) is 0 Å². The second-order valence-electron chi connectivity index (χ2n) is 6.63. The highest BCUT2D eigenvalue weighted by Crippen LogP contribution is 2.32. The maximum absolute atomic E-state index is 12.7. The lowest BCUT2D eigenvalue weighted by molar-refractivity contribution is 0.248. The monoisotopic (exact) mass is 364 g/mol. The Morgan fingerprint density at radius 1 is 1.04 bits per heavy atom. The van der Waals surface area contributed by atoms with Gasteiger partial charge in [-0.25, -0.2) is 9.59 Å². The fourth-order valence-corrected chi connectivity index (χ4v) is 3.60. The molecule has 7 nitrogen and oxygen atoms in total. The van der Waals surface area contributed by atoms with Gasteiger partial charge in [0.25, 0.3) is 5.56 Å². The number of benzene rings is 2. The van der Waals surface area contributed by atoms with Crippen LogP contribution in [0.4, 0.5) is 10.6 Å². The van der Waals surface area contributed by atoms with Crippen molar-refractivity contribution >= 4 is 22.6 Å². The first-order chi connectivity index (χ1) is 13.1. The summed E-state index contributed by atoms with van der Waals surface area (Å²) >= 11 is 0. The first-order valence-corrected chi connectivity index (χ1v) is 9.02. The summed E-state index contributed by atoms with van der Waals surface area (Å²) in [6.45, 7) is 2.44. The molecular weight excluding hydrogens is 344 g/mol. The largest absolute Gasteiger partial charge is 0.329 e. The molecule has 0 spiro atoms. The van der Waals surface area contributed by atoms with Crippen LogP contribution < -0.4 is 21.9 Å². The van der Waals surface area contributed by atoms with E-state index in [4.69, 9.17) is 0 Å². The number of carbonyl (C=O) groups is 1. The lowest BCUT2D eigenvalue weighted by Gasteiger charge is -2.29. The van der Waals surface area contributed by atoms with Gasteiger partial charge in [-0.3, -0.25) is 19.7 Å². The number of aromatic amines is 1. The van der Waals surface area contributed by atoms with E-state index in [0.717, 1.165) is 29.2 Å². The van der Waals surface area contributed by atoms with Crippen molar-refractivity contribution in [2.24, 2.45) is 0 Å². The molecule has 2 amide bonds. The number of hydrogen-bond donors (Lipinski definition) is 3. The number of aromatic nitrogens is 2. The Labute approximate surface area is 155 Å². The number of H-pyrrole nitrogens is 1. The predicted molar refractivity (Wildman–Crippen MR) is 104 cm³/mol. The number of hydrogen-bond acceptors (Lipinski definition) is 3. The molecule has 138 valence electrons. The Hall–Kier alpha value is -3.35. The van der Waals surface area contributed by atoms with Gasteiger partial charge in [0, 0.05) is 6.54 Å². The van der Waals surface area contributed by atoms with Crippen LogP contribution >= 0.6 is 0 Å². The molecule has 0 saturated heterocycles. The zero-order valence-corrected chi connectivity index (χ0v) is 14.9. The van der Waals surface area contributed by atoms with Gasteiger partial charge in [-0.15, -0.1) is 0 Å². The second kappa shape index (κ2) is 6.75. The van der Waals surface area contributed by atoms with Gasteiger partial charge in [-0.1, -0.05) is 55.8 Å². The molecule has 2 aromatic carbocycles. The normalized spacial score (nSPS) is 15.9. The average Bonchev–Trinajstić information content (AvgIpc) is 2.66. The molecule has 0 saturated carbocycles. The SMILES string of the molecule is CCCCn1c2c(c(=O)[nH]c1=O)C(c1cccc3ccccc13)NC(=O)N2. The number of nitrogens with one attached hydrogen (secondary N) is 3. The van der Waals surface area contributed by atoms with E-state index >= 15 is 0 Å². The maximum Gasteiger partial charge on any atom is 0.329 e. The topological polar surface area (TPSA) is 96.0 Å². The first kappa shape index (κ1) is 17.1. The number of anilines is 1. The molecule has 0 fully saturated rings. The molecule has 0 radical (unpaired) electrons. The summed E-state index contributed by atoms with van der Waals surface area (Å²) in [6.07, 6.45) is 1.65. The Balaban J connectivity index is 1.97. The van der Waals surface area contributed by atoms with Crippen molar-refractivity contribution in [3.8, 4) is 0 Å². The number of urea groups is 1. The molecule has 1 unspecified atom stereocenters. The van der Waals surface area contributed by atoms with E-state index in [9.17, 15) is 14.4 Å². The van der Waals surface area contributed by atoms with Gasteiger partial charge in [0.15, 0.2) is 0 Å². The summed E-state index contributed by atoms with van der Waals surface area (Å²) in [5.41, 5.74) is 0.163. The summed E-state index contributed by atoms with van der Waals surface area (Å²) in [5.74, 6) is 0.277. The molecule has 4 rings (SSSR count). The molecule has 1 aliphatic heterocycles. The van der Waals surface area contributed by atoms with Crippen LogP contribution in [0.1, 0.15) is 36.9 Å². The number of carbonyl (C=O) groups excluding carboxylic acids is 1. The molecule has 27 heavy (non-hydrogen) atoms. The summed E-state index contributed by atoms with van der Waals surface area (Å²) in [7, 11) is 0. The zero-order valence-electron chi connectivity index (χ0n) is 14.9. The molecular formula is C20H20N4O3. The molecule has 0 aliphatic carbocycles.